The summed E-state index contributed by atoms with van der Waals surface area (Å²) in [4.78, 5) is 12.9. The van der Waals surface area contributed by atoms with Crippen molar-refractivity contribution in [1.29, 1.82) is 0 Å². The summed E-state index contributed by atoms with van der Waals surface area (Å²) in [6.07, 6.45) is 9.34. The zero-order valence-corrected chi connectivity index (χ0v) is 14.3. The third-order valence-electron chi connectivity index (χ3n) is 4.16. The van der Waals surface area contributed by atoms with Gasteiger partial charge in [0.25, 0.3) is 0 Å². The number of aryl methyl sites for hydroxylation is 1. The van der Waals surface area contributed by atoms with Gasteiger partial charge in [0.2, 0.25) is 0 Å². The standard InChI is InChI=1S/C20H22N4/c1-15-6-7-19(14-23-15)20(2,3)24-11-16-9-18(13-22-10-16)17-5-4-8-21-12-17/h4-10,12-14,24H,11H2,1-3H3. The molecule has 0 amide bonds. The molecule has 0 bridgehead atoms. The Bertz CT molecular complexity index is 795. The molecule has 3 aromatic rings. The molecule has 1 N–H and O–H groups in total. The van der Waals surface area contributed by atoms with Crippen LogP contribution in [0.5, 0.6) is 0 Å². The van der Waals surface area contributed by atoms with E-state index in [1.165, 1.54) is 5.56 Å². The predicted molar refractivity (Wildman–Crippen MR) is 96.3 cm³/mol. The maximum absolute atomic E-state index is 4.39. The Hall–Kier alpha value is -2.59. The van der Waals surface area contributed by atoms with Gasteiger partial charge in [-0.15, -0.1) is 0 Å². The molecule has 0 unspecified atom stereocenters. The first-order valence-corrected chi connectivity index (χ1v) is 8.07. The number of nitrogens with zero attached hydrogens (tertiary/aromatic N) is 3. The average Bonchev–Trinajstić information content (AvgIpc) is 2.61. The van der Waals surface area contributed by atoms with Crippen LogP contribution >= 0.6 is 0 Å². The van der Waals surface area contributed by atoms with Crippen LogP contribution in [0.4, 0.5) is 0 Å². The second-order valence-corrected chi connectivity index (χ2v) is 6.49. The van der Waals surface area contributed by atoms with E-state index in [4.69, 9.17) is 0 Å². The van der Waals surface area contributed by atoms with Gasteiger partial charge >= 0.3 is 0 Å². The lowest BCUT2D eigenvalue weighted by molar-refractivity contribution is 0.399. The zero-order chi connectivity index (χ0) is 17.0. The molecule has 0 saturated heterocycles. The smallest absolute Gasteiger partial charge is 0.0395 e. The quantitative estimate of drug-likeness (QED) is 0.776. The van der Waals surface area contributed by atoms with E-state index in [0.717, 1.165) is 28.9 Å². The first kappa shape index (κ1) is 16.3. The fourth-order valence-corrected chi connectivity index (χ4v) is 2.54. The number of aromatic nitrogens is 3. The van der Waals surface area contributed by atoms with Crippen LogP contribution in [-0.2, 0) is 12.1 Å². The van der Waals surface area contributed by atoms with Crippen LogP contribution in [0.15, 0.2) is 61.3 Å². The molecule has 0 atom stereocenters. The van der Waals surface area contributed by atoms with E-state index in [1.54, 1.807) is 6.20 Å². The Morgan fingerprint density at radius 2 is 1.79 bits per heavy atom. The molecule has 0 spiro atoms. The van der Waals surface area contributed by atoms with Crippen molar-refractivity contribution >= 4 is 0 Å². The van der Waals surface area contributed by atoms with E-state index in [-0.39, 0.29) is 5.54 Å². The maximum Gasteiger partial charge on any atom is 0.0395 e. The first-order chi connectivity index (χ1) is 11.5. The molecule has 3 heterocycles. The molecule has 0 radical (unpaired) electrons. The minimum Gasteiger partial charge on any atom is -0.304 e. The largest absolute Gasteiger partial charge is 0.304 e. The summed E-state index contributed by atoms with van der Waals surface area (Å²) in [6.45, 7) is 7.07. The highest BCUT2D eigenvalue weighted by Gasteiger charge is 2.20. The fraction of sp³-hybridized carbons (Fsp3) is 0.250. The zero-order valence-electron chi connectivity index (χ0n) is 14.3. The Labute approximate surface area is 143 Å². The van der Waals surface area contributed by atoms with Gasteiger partial charge in [-0.3, -0.25) is 15.0 Å². The van der Waals surface area contributed by atoms with Gasteiger partial charge in [0, 0.05) is 59.9 Å². The van der Waals surface area contributed by atoms with E-state index in [0.29, 0.717) is 0 Å². The molecule has 0 aliphatic carbocycles. The van der Waals surface area contributed by atoms with Crippen molar-refractivity contribution in [3.8, 4) is 11.1 Å². The van der Waals surface area contributed by atoms with Crippen LogP contribution in [0, 0.1) is 6.92 Å². The summed E-state index contributed by atoms with van der Waals surface area (Å²) in [7, 11) is 0. The predicted octanol–water partition coefficient (Wildman–Crippen LogP) is 3.87. The topological polar surface area (TPSA) is 50.7 Å². The molecule has 0 aliphatic heterocycles. The summed E-state index contributed by atoms with van der Waals surface area (Å²) in [6, 6.07) is 10.3. The van der Waals surface area contributed by atoms with Gasteiger partial charge in [0.15, 0.2) is 0 Å². The lowest BCUT2D eigenvalue weighted by Gasteiger charge is -2.27. The third kappa shape index (κ3) is 3.84. The number of hydrogen-bond acceptors (Lipinski definition) is 4. The molecule has 0 aromatic carbocycles. The van der Waals surface area contributed by atoms with E-state index < -0.39 is 0 Å². The Morgan fingerprint density at radius 3 is 2.50 bits per heavy atom. The highest BCUT2D eigenvalue weighted by Crippen LogP contribution is 2.21. The molecular formula is C20H22N4. The van der Waals surface area contributed by atoms with Crippen LogP contribution in [0.25, 0.3) is 11.1 Å². The maximum atomic E-state index is 4.39. The molecule has 4 heteroatoms. The summed E-state index contributed by atoms with van der Waals surface area (Å²) in [5, 5.41) is 3.59. The fourth-order valence-electron chi connectivity index (χ4n) is 2.54. The van der Waals surface area contributed by atoms with Gasteiger partial charge in [-0.05, 0) is 50.1 Å². The average molecular weight is 318 g/mol. The van der Waals surface area contributed by atoms with Gasteiger partial charge in [-0.2, -0.15) is 0 Å². The Kier molecular flexibility index (Phi) is 4.67. The van der Waals surface area contributed by atoms with Crippen LogP contribution in [0.3, 0.4) is 0 Å². The lowest BCUT2D eigenvalue weighted by Crippen LogP contribution is -2.36. The van der Waals surface area contributed by atoms with Gasteiger partial charge in [-0.25, -0.2) is 0 Å². The van der Waals surface area contributed by atoms with E-state index in [1.807, 2.05) is 49.9 Å². The SMILES string of the molecule is Cc1ccc(C(C)(C)NCc2cncc(-c3cccnc3)c2)cn1. The van der Waals surface area contributed by atoms with Crippen molar-refractivity contribution in [2.75, 3.05) is 0 Å². The second-order valence-electron chi connectivity index (χ2n) is 6.49. The van der Waals surface area contributed by atoms with Crippen molar-refractivity contribution in [3.05, 3.63) is 78.1 Å². The highest BCUT2D eigenvalue weighted by atomic mass is 15.0. The van der Waals surface area contributed by atoms with Crippen molar-refractivity contribution in [1.82, 2.24) is 20.3 Å². The molecule has 0 saturated carbocycles. The molecule has 3 rings (SSSR count). The number of rotatable bonds is 5. The number of hydrogen-bond donors (Lipinski definition) is 1. The minimum absolute atomic E-state index is 0.162. The Morgan fingerprint density at radius 1 is 0.958 bits per heavy atom. The normalized spacial score (nSPS) is 11.5. The second kappa shape index (κ2) is 6.89. The number of nitrogens with one attached hydrogen (secondary N) is 1. The molecule has 3 aromatic heterocycles. The molecule has 0 aliphatic rings. The molecule has 24 heavy (non-hydrogen) atoms. The van der Waals surface area contributed by atoms with Crippen LogP contribution in [0.1, 0.15) is 30.7 Å². The summed E-state index contributed by atoms with van der Waals surface area (Å²) in [5.41, 5.74) is 5.34. The van der Waals surface area contributed by atoms with E-state index in [9.17, 15) is 0 Å². The van der Waals surface area contributed by atoms with Gasteiger partial charge < -0.3 is 5.32 Å². The third-order valence-corrected chi connectivity index (χ3v) is 4.16. The van der Waals surface area contributed by atoms with E-state index >= 15 is 0 Å². The van der Waals surface area contributed by atoms with Crippen LogP contribution < -0.4 is 5.32 Å². The molecule has 4 nitrogen and oxygen atoms in total. The van der Waals surface area contributed by atoms with Crippen molar-refractivity contribution in [2.45, 2.75) is 32.9 Å². The van der Waals surface area contributed by atoms with Crippen LogP contribution in [-0.4, -0.2) is 15.0 Å². The summed E-state index contributed by atoms with van der Waals surface area (Å²) < 4.78 is 0. The molecule has 0 fully saturated rings. The summed E-state index contributed by atoms with van der Waals surface area (Å²) >= 11 is 0. The highest BCUT2D eigenvalue weighted by molar-refractivity contribution is 5.61. The van der Waals surface area contributed by atoms with Gasteiger partial charge in [0.05, 0.1) is 0 Å². The summed E-state index contributed by atoms with van der Waals surface area (Å²) in [5.74, 6) is 0. The van der Waals surface area contributed by atoms with Crippen molar-refractivity contribution in [3.63, 3.8) is 0 Å². The van der Waals surface area contributed by atoms with Crippen molar-refractivity contribution in [2.24, 2.45) is 0 Å². The van der Waals surface area contributed by atoms with Crippen LogP contribution in [0.2, 0.25) is 0 Å². The van der Waals surface area contributed by atoms with E-state index in [2.05, 4.69) is 46.2 Å². The molecule has 122 valence electrons. The first-order valence-electron chi connectivity index (χ1n) is 8.07. The minimum atomic E-state index is -0.162. The lowest BCUT2D eigenvalue weighted by atomic mass is 9.95. The van der Waals surface area contributed by atoms with Gasteiger partial charge in [0.1, 0.15) is 0 Å². The number of pyridine rings is 3. The molecular weight excluding hydrogens is 296 g/mol. The monoisotopic (exact) mass is 318 g/mol. The van der Waals surface area contributed by atoms with Gasteiger partial charge in [-0.1, -0.05) is 12.1 Å². The van der Waals surface area contributed by atoms with Crippen molar-refractivity contribution < 1.29 is 0 Å². The Balaban J connectivity index is 1.73.